The molecule has 0 saturated heterocycles. The van der Waals surface area contributed by atoms with E-state index in [9.17, 15) is 4.39 Å². The van der Waals surface area contributed by atoms with E-state index in [2.05, 4.69) is 33.8 Å². The highest BCUT2D eigenvalue weighted by Gasteiger charge is 2.02. The first-order valence-electron chi connectivity index (χ1n) is 6.05. The summed E-state index contributed by atoms with van der Waals surface area (Å²) in [5, 5.41) is 0. The number of thioether (sulfide) groups is 1. The molecule has 2 N–H and O–H groups in total. The van der Waals surface area contributed by atoms with E-state index < -0.39 is 0 Å². The van der Waals surface area contributed by atoms with Crippen molar-refractivity contribution in [3.05, 3.63) is 63.9 Å². The molecule has 0 unspecified atom stereocenters. The van der Waals surface area contributed by atoms with Crippen LogP contribution in [0.25, 0.3) is 0 Å². The molecule has 2 aromatic rings. The van der Waals surface area contributed by atoms with Crippen molar-refractivity contribution in [2.75, 3.05) is 6.54 Å². The predicted octanol–water partition coefficient (Wildman–Crippen LogP) is 4.19. The lowest BCUT2D eigenvalue weighted by Gasteiger charge is -2.04. The van der Waals surface area contributed by atoms with Gasteiger partial charge >= 0.3 is 0 Å². The molecule has 0 aliphatic carbocycles. The molecule has 102 valence electrons. The molecule has 2 aromatic carbocycles. The highest BCUT2D eigenvalue weighted by atomic mass is 79.9. The van der Waals surface area contributed by atoms with Crippen LogP contribution in [0.4, 0.5) is 4.39 Å². The van der Waals surface area contributed by atoms with Crippen LogP contribution in [0.1, 0.15) is 11.1 Å². The molecule has 0 spiro atoms. The smallest absolute Gasteiger partial charge is 0.138 e. The maximum absolute atomic E-state index is 13.6. The molecule has 0 aromatic heterocycles. The minimum atomic E-state index is -0.304. The summed E-state index contributed by atoms with van der Waals surface area (Å²) in [6, 6.07) is 13.1. The van der Waals surface area contributed by atoms with Crippen molar-refractivity contribution in [1.82, 2.24) is 0 Å². The predicted molar refractivity (Wildman–Crippen MR) is 86.0 cm³/mol. The van der Waals surface area contributed by atoms with Crippen molar-refractivity contribution in [2.24, 2.45) is 5.73 Å². The monoisotopic (exact) mass is 349 g/mol. The van der Waals surface area contributed by atoms with Crippen LogP contribution in [0.15, 0.2) is 51.8 Å². The molecule has 1 nitrogen and oxygen atoms in total. The van der Waals surface area contributed by atoms with E-state index in [4.69, 9.17) is 5.73 Å². The van der Waals surface area contributed by atoms with E-state index >= 15 is 0 Å². The van der Waals surface area contributed by atoms with Gasteiger partial charge in [0.2, 0.25) is 0 Å². The summed E-state index contributed by atoms with van der Waals surface area (Å²) in [4.78, 5) is 1.17. The zero-order chi connectivity index (χ0) is 14.4. The lowest BCUT2D eigenvalue weighted by Crippen LogP contribution is -1.94. The zero-order valence-electron chi connectivity index (χ0n) is 10.7. The molecule has 0 radical (unpaired) electrons. The summed E-state index contributed by atoms with van der Waals surface area (Å²) in [5.74, 6) is 5.90. The van der Waals surface area contributed by atoms with Gasteiger partial charge in [-0.15, -0.1) is 11.8 Å². The van der Waals surface area contributed by atoms with E-state index in [0.29, 0.717) is 5.56 Å². The molecule has 0 atom stereocenters. The number of benzene rings is 2. The molecule has 4 heteroatoms. The second kappa shape index (κ2) is 7.49. The van der Waals surface area contributed by atoms with E-state index in [1.165, 1.54) is 11.0 Å². The number of hydrogen-bond donors (Lipinski definition) is 1. The number of hydrogen-bond acceptors (Lipinski definition) is 2. The normalized spacial score (nSPS) is 9.95. The third kappa shape index (κ3) is 4.38. The Hall–Kier alpha value is -1.28. The Bertz CT molecular complexity index is 661. The molecule has 0 saturated carbocycles. The summed E-state index contributed by atoms with van der Waals surface area (Å²) in [6.07, 6.45) is 0. The largest absolute Gasteiger partial charge is 0.320 e. The van der Waals surface area contributed by atoms with Gasteiger partial charge in [0, 0.05) is 15.1 Å². The van der Waals surface area contributed by atoms with Crippen molar-refractivity contribution in [1.29, 1.82) is 0 Å². The lowest BCUT2D eigenvalue weighted by atomic mass is 10.1. The number of rotatable bonds is 3. The molecule has 0 aliphatic heterocycles. The maximum atomic E-state index is 13.6. The first-order chi connectivity index (χ1) is 9.69. The van der Waals surface area contributed by atoms with Gasteiger partial charge in [0.25, 0.3) is 0 Å². The van der Waals surface area contributed by atoms with Gasteiger partial charge < -0.3 is 5.73 Å². The second-order valence-corrected chi connectivity index (χ2v) is 6.03. The topological polar surface area (TPSA) is 26.0 Å². The summed E-state index contributed by atoms with van der Waals surface area (Å²) >= 11 is 5.15. The molecular formula is C16H13BrFNS. The van der Waals surface area contributed by atoms with Crippen molar-refractivity contribution in [3.63, 3.8) is 0 Å². The van der Waals surface area contributed by atoms with Crippen LogP contribution in [0.5, 0.6) is 0 Å². The molecule has 0 fully saturated rings. The molecule has 0 aliphatic rings. The highest BCUT2D eigenvalue weighted by Crippen LogP contribution is 2.26. The Morgan fingerprint density at radius 2 is 2.05 bits per heavy atom. The maximum Gasteiger partial charge on any atom is 0.138 e. The summed E-state index contributed by atoms with van der Waals surface area (Å²) in [6.45, 7) is 0.233. The van der Waals surface area contributed by atoms with Gasteiger partial charge in [0.1, 0.15) is 5.82 Å². The Kier molecular flexibility index (Phi) is 5.66. The van der Waals surface area contributed by atoms with Crippen molar-refractivity contribution < 1.29 is 4.39 Å². The van der Waals surface area contributed by atoms with E-state index in [1.807, 2.05) is 18.2 Å². The van der Waals surface area contributed by atoms with E-state index in [-0.39, 0.29) is 12.4 Å². The molecule has 0 heterocycles. The zero-order valence-corrected chi connectivity index (χ0v) is 13.1. The minimum Gasteiger partial charge on any atom is -0.320 e. The summed E-state index contributed by atoms with van der Waals surface area (Å²) in [7, 11) is 0. The standard InChI is InChI=1S/C16H13BrFNS/c17-14-4-1-5-15(10-14)20-11-12-6-7-16(18)13(9-12)3-2-8-19/h1,4-7,9-10H,8,11,19H2. The fourth-order valence-electron chi connectivity index (χ4n) is 1.63. The fraction of sp³-hybridized carbons (Fsp3) is 0.125. The van der Waals surface area contributed by atoms with Gasteiger partial charge in [-0.25, -0.2) is 4.39 Å². The molecule has 2 rings (SSSR count). The van der Waals surface area contributed by atoms with Crippen LogP contribution in [-0.4, -0.2) is 6.54 Å². The first-order valence-corrected chi connectivity index (χ1v) is 7.82. The van der Waals surface area contributed by atoms with Gasteiger partial charge in [-0.2, -0.15) is 0 Å². The Morgan fingerprint density at radius 1 is 1.20 bits per heavy atom. The van der Waals surface area contributed by atoms with Crippen LogP contribution in [-0.2, 0) is 5.75 Å². The molecule has 0 amide bonds. The van der Waals surface area contributed by atoms with Gasteiger partial charge in [-0.05, 0) is 35.9 Å². The fourth-order valence-corrected chi connectivity index (χ4v) is 3.08. The third-order valence-electron chi connectivity index (χ3n) is 2.56. The molecule has 20 heavy (non-hydrogen) atoms. The Morgan fingerprint density at radius 3 is 2.80 bits per heavy atom. The van der Waals surface area contributed by atoms with Crippen molar-refractivity contribution >= 4 is 27.7 Å². The average Bonchev–Trinajstić information content (AvgIpc) is 2.45. The van der Waals surface area contributed by atoms with Gasteiger partial charge in [-0.3, -0.25) is 0 Å². The van der Waals surface area contributed by atoms with Crippen LogP contribution in [0.3, 0.4) is 0 Å². The van der Waals surface area contributed by atoms with E-state index in [1.54, 1.807) is 23.9 Å². The quantitative estimate of drug-likeness (QED) is 0.664. The van der Waals surface area contributed by atoms with Crippen LogP contribution < -0.4 is 5.73 Å². The van der Waals surface area contributed by atoms with Crippen molar-refractivity contribution in [2.45, 2.75) is 10.6 Å². The van der Waals surface area contributed by atoms with E-state index in [0.717, 1.165) is 15.8 Å². The van der Waals surface area contributed by atoms with Gasteiger partial charge in [0.15, 0.2) is 0 Å². The van der Waals surface area contributed by atoms with Crippen LogP contribution in [0.2, 0.25) is 0 Å². The van der Waals surface area contributed by atoms with Gasteiger partial charge in [0.05, 0.1) is 12.1 Å². The van der Waals surface area contributed by atoms with Crippen molar-refractivity contribution in [3.8, 4) is 11.8 Å². The van der Waals surface area contributed by atoms with Gasteiger partial charge in [-0.1, -0.05) is 39.9 Å². The second-order valence-electron chi connectivity index (χ2n) is 4.07. The Labute approximate surface area is 130 Å². The average molecular weight is 350 g/mol. The Balaban J connectivity index is 2.10. The number of nitrogens with two attached hydrogens (primary N) is 1. The summed E-state index contributed by atoms with van der Waals surface area (Å²) < 4.78 is 14.6. The number of halogens is 2. The van der Waals surface area contributed by atoms with Crippen LogP contribution in [0, 0.1) is 17.7 Å². The summed E-state index contributed by atoms with van der Waals surface area (Å²) in [5.41, 5.74) is 6.75. The first kappa shape index (κ1) is 15.1. The highest BCUT2D eigenvalue weighted by molar-refractivity contribution is 9.10. The molecule has 0 bridgehead atoms. The van der Waals surface area contributed by atoms with Crippen LogP contribution >= 0.6 is 27.7 Å². The SMILES string of the molecule is NCC#Cc1cc(CSc2cccc(Br)c2)ccc1F. The third-order valence-corrected chi connectivity index (χ3v) is 4.12. The lowest BCUT2D eigenvalue weighted by molar-refractivity contribution is 0.624. The molecular weight excluding hydrogens is 337 g/mol. The minimum absolute atomic E-state index is 0.233.